The molecule has 1 aliphatic rings. The molecule has 0 aliphatic carbocycles. The van der Waals surface area contributed by atoms with E-state index in [-0.39, 0.29) is 5.41 Å². The van der Waals surface area contributed by atoms with Gasteiger partial charge in [-0.15, -0.1) is 21.5 Å². The van der Waals surface area contributed by atoms with Crippen molar-refractivity contribution in [2.75, 3.05) is 19.8 Å². The zero-order valence-electron chi connectivity index (χ0n) is 6.69. The number of nitrogens with two attached hydrogens (primary N) is 1. The van der Waals surface area contributed by atoms with Crippen LogP contribution in [-0.2, 0) is 10.2 Å². The first kappa shape index (κ1) is 8.10. The first-order valence-electron chi connectivity index (χ1n) is 3.92. The molecule has 1 aromatic rings. The number of hydrogen-bond donors (Lipinski definition) is 1. The number of ether oxygens (including phenoxy) is 1. The van der Waals surface area contributed by atoms with Gasteiger partial charge < -0.3 is 10.5 Å². The Morgan fingerprint density at radius 3 is 3.17 bits per heavy atom. The van der Waals surface area contributed by atoms with Gasteiger partial charge in [-0.05, 0) is 6.42 Å². The molecule has 2 rings (SSSR count). The van der Waals surface area contributed by atoms with Gasteiger partial charge in [-0.3, -0.25) is 0 Å². The summed E-state index contributed by atoms with van der Waals surface area (Å²) >= 11 is 1.56. The van der Waals surface area contributed by atoms with E-state index < -0.39 is 0 Å². The van der Waals surface area contributed by atoms with E-state index in [1.165, 1.54) is 0 Å². The number of aromatic nitrogens is 2. The molecule has 0 spiro atoms. The first-order chi connectivity index (χ1) is 5.87. The fourth-order valence-electron chi connectivity index (χ4n) is 1.43. The zero-order chi connectivity index (χ0) is 8.44. The van der Waals surface area contributed by atoms with Crippen molar-refractivity contribution in [2.45, 2.75) is 11.8 Å². The second kappa shape index (κ2) is 3.08. The van der Waals surface area contributed by atoms with E-state index in [4.69, 9.17) is 10.5 Å². The smallest absolute Gasteiger partial charge is 0.127 e. The van der Waals surface area contributed by atoms with Crippen LogP contribution in [-0.4, -0.2) is 30.0 Å². The third kappa shape index (κ3) is 1.14. The lowest BCUT2D eigenvalue weighted by atomic mass is 9.88. The highest BCUT2D eigenvalue weighted by Gasteiger charge is 2.38. The summed E-state index contributed by atoms with van der Waals surface area (Å²) in [6.07, 6.45) is 0.971. The second-order valence-corrected chi connectivity index (χ2v) is 3.86. The molecule has 66 valence electrons. The van der Waals surface area contributed by atoms with Gasteiger partial charge in [0.05, 0.1) is 12.0 Å². The Morgan fingerprint density at radius 2 is 2.67 bits per heavy atom. The summed E-state index contributed by atoms with van der Waals surface area (Å²) in [5, 5.41) is 8.88. The lowest BCUT2D eigenvalue weighted by molar-refractivity contribution is 0.178. The molecule has 12 heavy (non-hydrogen) atoms. The molecule has 4 nitrogen and oxygen atoms in total. The molecule has 1 atom stereocenters. The molecule has 0 saturated carbocycles. The maximum absolute atomic E-state index is 5.72. The standard InChI is InChI=1S/C7H11N3OS/c8-3-7(1-2-11-4-7)6-10-9-5-12-6/h5H,1-4,8H2. The minimum Gasteiger partial charge on any atom is -0.380 e. The lowest BCUT2D eigenvalue weighted by Crippen LogP contribution is -2.35. The Balaban J connectivity index is 2.28. The van der Waals surface area contributed by atoms with Crippen LogP contribution in [0.25, 0.3) is 0 Å². The van der Waals surface area contributed by atoms with Crippen molar-refractivity contribution >= 4 is 11.3 Å². The summed E-state index contributed by atoms with van der Waals surface area (Å²) in [4.78, 5) is 0. The SMILES string of the molecule is NCC1(c2nncs2)CCOC1. The molecule has 1 unspecified atom stereocenters. The molecule has 2 heterocycles. The first-order valence-corrected chi connectivity index (χ1v) is 4.80. The van der Waals surface area contributed by atoms with Crippen LogP contribution in [0.4, 0.5) is 0 Å². The van der Waals surface area contributed by atoms with E-state index in [1.807, 2.05) is 0 Å². The monoisotopic (exact) mass is 185 g/mol. The summed E-state index contributed by atoms with van der Waals surface area (Å²) in [6, 6.07) is 0. The lowest BCUT2D eigenvalue weighted by Gasteiger charge is -2.21. The molecule has 0 amide bonds. The average Bonchev–Trinajstić information content (AvgIpc) is 2.76. The van der Waals surface area contributed by atoms with Crippen LogP contribution in [0.15, 0.2) is 5.51 Å². The Labute approximate surface area is 74.8 Å². The normalized spacial score (nSPS) is 29.4. The maximum atomic E-state index is 5.72. The van der Waals surface area contributed by atoms with E-state index in [1.54, 1.807) is 16.8 Å². The topological polar surface area (TPSA) is 61.0 Å². The molecule has 0 bridgehead atoms. The van der Waals surface area contributed by atoms with Crippen LogP contribution in [0.1, 0.15) is 11.4 Å². The van der Waals surface area contributed by atoms with Gasteiger partial charge in [0.1, 0.15) is 10.5 Å². The third-order valence-corrected chi connectivity index (χ3v) is 3.25. The predicted octanol–water partition coefficient (Wildman–Crippen LogP) is 0.155. The highest BCUT2D eigenvalue weighted by Crippen LogP contribution is 2.32. The fraction of sp³-hybridized carbons (Fsp3) is 0.714. The third-order valence-electron chi connectivity index (χ3n) is 2.31. The van der Waals surface area contributed by atoms with Crippen molar-refractivity contribution in [3.8, 4) is 0 Å². The van der Waals surface area contributed by atoms with Crippen LogP contribution in [0.5, 0.6) is 0 Å². The van der Waals surface area contributed by atoms with Crippen molar-refractivity contribution in [1.29, 1.82) is 0 Å². The van der Waals surface area contributed by atoms with Gasteiger partial charge in [-0.1, -0.05) is 0 Å². The van der Waals surface area contributed by atoms with Crippen molar-refractivity contribution in [3.63, 3.8) is 0 Å². The van der Waals surface area contributed by atoms with E-state index in [0.29, 0.717) is 13.2 Å². The molecule has 2 N–H and O–H groups in total. The van der Waals surface area contributed by atoms with Crippen LogP contribution in [0.2, 0.25) is 0 Å². The van der Waals surface area contributed by atoms with E-state index in [9.17, 15) is 0 Å². The van der Waals surface area contributed by atoms with Crippen LogP contribution < -0.4 is 5.73 Å². The Morgan fingerprint density at radius 1 is 1.75 bits per heavy atom. The van der Waals surface area contributed by atoms with E-state index in [2.05, 4.69) is 10.2 Å². The fourth-order valence-corrected chi connectivity index (χ4v) is 2.21. The summed E-state index contributed by atoms with van der Waals surface area (Å²) < 4.78 is 5.33. The van der Waals surface area contributed by atoms with Crippen molar-refractivity contribution in [3.05, 3.63) is 10.5 Å². The summed E-state index contributed by atoms with van der Waals surface area (Å²) in [6.45, 7) is 2.08. The van der Waals surface area contributed by atoms with Gasteiger partial charge in [-0.25, -0.2) is 0 Å². The highest BCUT2D eigenvalue weighted by atomic mass is 32.1. The molecule has 1 aromatic heterocycles. The predicted molar refractivity (Wildman–Crippen MR) is 46.1 cm³/mol. The molecule has 5 heteroatoms. The van der Waals surface area contributed by atoms with Crippen LogP contribution in [0.3, 0.4) is 0 Å². The van der Waals surface area contributed by atoms with Crippen molar-refractivity contribution in [2.24, 2.45) is 5.73 Å². The molecule has 1 aliphatic heterocycles. The van der Waals surface area contributed by atoms with Crippen molar-refractivity contribution < 1.29 is 4.74 Å². The van der Waals surface area contributed by atoms with Crippen molar-refractivity contribution in [1.82, 2.24) is 10.2 Å². The quantitative estimate of drug-likeness (QED) is 0.712. The largest absolute Gasteiger partial charge is 0.380 e. The van der Waals surface area contributed by atoms with Gasteiger partial charge >= 0.3 is 0 Å². The van der Waals surface area contributed by atoms with Crippen LogP contribution >= 0.6 is 11.3 Å². The Kier molecular flexibility index (Phi) is 2.08. The summed E-state index contributed by atoms with van der Waals surface area (Å²) in [5.41, 5.74) is 7.42. The number of rotatable bonds is 2. The highest BCUT2D eigenvalue weighted by molar-refractivity contribution is 7.09. The molecular weight excluding hydrogens is 174 g/mol. The maximum Gasteiger partial charge on any atom is 0.127 e. The molecule has 0 radical (unpaired) electrons. The summed E-state index contributed by atoms with van der Waals surface area (Å²) in [7, 11) is 0. The van der Waals surface area contributed by atoms with Gasteiger partial charge in [0, 0.05) is 13.2 Å². The Bertz CT molecular complexity index is 243. The van der Waals surface area contributed by atoms with Gasteiger partial charge in [0.2, 0.25) is 0 Å². The molecule has 1 saturated heterocycles. The minimum absolute atomic E-state index is 0.0405. The molecule has 1 fully saturated rings. The van der Waals surface area contributed by atoms with Gasteiger partial charge in [-0.2, -0.15) is 0 Å². The minimum atomic E-state index is -0.0405. The second-order valence-electron chi connectivity index (χ2n) is 3.03. The zero-order valence-corrected chi connectivity index (χ0v) is 7.51. The molecular formula is C7H11N3OS. The van der Waals surface area contributed by atoms with Gasteiger partial charge in [0.25, 0.3) is 0 Å². The van der Waals surface area contributed by atoms with E-state index in [0.717, 1.165) is 18.0 Å². The average molecular weight is 185 g/mol. The Hall–Kier alpha value is -0.520. The van der Waals surface area contributed by atoms with Crippen LogP contribution in [0, 0.1) is 0 Å². The number of hydrogen-bond acceptors (Lipinski definition) is 5. The number of nitrogens with zero attached hydrogens (tertiary/aromatic N) is 2. The van der Waals surface area contributed by atoms with Gasteiger partial charge in [0.15, 0.2) is 0 Å². The summed E-state index contributed by atoms with van der Waals surface area (Å²) in [5.74, 6) is 0. The van der Waals surface area contributed by atoms with E-state index >= 15 is 0 Å². The molecule has 0 aromatic carbocycles.